The molecule has 3 nitrogen and oxygen atoms in total. The first-order valence-corrected chi connectivity index (χ1v) is 5.11. The van der Waals surface area contributed by atoms with E-state index >= 15 is 0 Å². The number of hydrogen-bond donors (Lipinski definition) is 1. The molecule has 0 aliphatic heterocycles. The van der Waals surface area contributed by atoms with Gasteiger partial charge in [0.05, 0.1) is 11.1 Å². The summed E-state index contributed by atoms with van der Waals surface area (Å²) in [6, 6.07) is 5.50. The van der Waals surface area contributed by atoms with Gasteiger partial charge in [0.1, 0.15) is 0 Å². The molecule has 2 aromatic rings. The molecule has 0 spiro atoms. The molecule has 82 valence electrons. The molecule has 0 aliphatic rings. The second kappa shape index (κ2) is 3.59. The van der Waals surface area contributed by atoms with Gasteiger partial charge in [0, 0.05) is 11.1 Å². The second-order valence-electron chi connectivity index (χ2n) is 4.09. The van der Waals surface area contributed by atoms with Gasteiger partial charge in [-0.3, -0.25) is 4.98 Å². The summed E-state index contributed by atoms with van der Waals surface area (Å²) in [5.41, 5.74) is 3.91. The van der Waals surface area contributed by atoms with Gasteiger partial charge in [0.15, 0.2) is 0 Å². The van der Waals surface area contributed by atoms with E-state index in [0.717, 1.165) is 27.7 Å². The molecule has 0 bridgehead atoms. The molecule has 2 rings (SSSR count). The summed E-state index contributed by atoms with van der Waals surface area (Å²) < 4.78 is 0. The van der Waals surface area contributed by atoms with Crippen molar-refractivity contribution >= 4 is 16.9 Å². The number of fused-ring (bicyclic) bond motifs is 1. The van der Waals surface area contributed by atoms with Gasteiger partial charge in [-0.25, -0.2) is 4.79 Å². The number of hydrogen-bond acceptors (Lipinski definition) is 2. The van der Waals surface area contributed by atoms with Gasteiger partial charge in [-0.05, 0) is 38.5 Å². The Kier molecular flexibility index (Phi) is 2.38. The molecule has 16 heavy (non-hydrogen) atoms. The minimum Gasteiger partial charge on any atom is -0.478 e. The summed E-state index contributed by atoms with van der Waals surface area (Å²) in [5.74, 6) is -0.902. The van der Waals surface area contributed by atoms with E-state index in [4.69, 9.17) is 5.11 Å². The van der Waals surface area contributed by atoms with Crippen LogP contribution in [0.2, 0.25) is 0 Å². The topological polar surface area (TPSA) is 50.2 Å². The molecule has 0 amide bonds. The molecule has 0 atom stereocenters. The van der Waals surface area contributed by atoms with Gasteiger partial charge < -0.3 is 5.11 Å². The number of aryl methyl sites for hydroxylation is 3. The van der Waals surface area contributed by atoms with Crippen LogP contribution in [0.4, 0.5) is 0 Å². The van der Waals surface area contributed by atoms with Crippen LogP contribution in [0.15, 0.2) is 18.2 Å². The zero-order chi connectivity index (χ0) is 11.9. The Bertz CT molecular complexity index is 588. The third-order valence-electron chi connectivity index (χ3n) is 2.61. The van der Waals surface area contributed by atoms with E-state index in [9.17, 15) is 4.79 Å². The van der Waals surface area contributed by atoms with Gasteiger partial charge >= 0.3 is 5.97 Å². The molecule has 1 aromatic carbocycles. The molecule has 1 heterocycles. The van der Waals surface area contributed by atoms with Crippen molar-refractivity contribution in [3.05, 3.63) is 40.6 Å². The molecule has 1 N–H and O–H groups in total. The lowest BCUT2D eigenvalue weighted by molar-refractivity contribution is 0.0699. The number of rotatable bonds is 1. The fraction of sp³-hybridized carbons (Fsp3) is 0.231. The lowest BCUT2D eigenvalue weighted by Gasteiger charge is -2.07. The third kappa shape index (κ3) is 1.65. The molecular formula is C13H13NO2. The number of benzene rings is 1. The summed E-state index contributed by atoms with van der Waals surface area (Å²) in [6.07, 6.45) is 0. The van der Waals surface area contributed by atoms with Crippen molar-refractivity contribution < 1.29 is 9.90 Å². The van der Waals surface area contributed by atoms with Crippen molar-refractivity contribution in [3.63, 3.8) is 0 Å². The van der Waals surface area contributed by atoms with Crippen molar-refractivity contribution in [2.75, 3.05) is 0 Å². The van der Waals surface area contributed by atoms with Crippen LogP contribution in [0.3, 0.4) is 0 Å². The number of carboxylic acids is 1. The van der Waals surface area contributed by atoms with Crippen LogP contribution in [0.1, 0.15) is 27.2 Å². The molecule has 3 heteroatoms. The van der Waals surface area contributed by atoms with Crippen LogP contribution in [0.25, 0.3) is 10.9 Å². The van der Waals surface area contributed by atoms with Crippen molar-refractivity contribution in [1.29, 1.82) is 0 Å². The number of carbonyl (C=O) groups is 1. The van der Waals surface area contributed by atoms with E-state index in [0.29, 0.717) is 5.56 Å². The Morgan fingerprint density at radius 3 is 2.50 bits per heavy atom. The average Bonchev–Trinajstić information content (AvgIpc) is 2.18. The highest BCUT2D eigenvalue weighted by Crippen LogP contribution is 2.23. The maximum absolute atomic E-state index is 11.2. The number of aromatic carboxylic acids is 1. The van der Waals surface area contributed by atoms with Gasteiger partial charge in [0.25, 0.3) is 0 Å². The maximum Gasteiger partial charge on any atom is 0.336 e. The first kappa shape index (κ1) is 10.6. The van der Waals surface area contributed by atoms with Crippen molar-refractivity contribution in [2.45, 2.75) is 20.8 Å². The Balaban J connectivity index is 2.95. The Morgan fingerprint density at radius 2 is 1.88 bits per heavy atom. The first-order chi connectivity index (χ1) is 7.49. The van der Waals surface area contributed by atoms with Crippen LogP contribution in [-0.2, 0) is 0 Å². The predicted molar refractivity (Wildman–Crippen MR) is 62.9 cm³/mol. The smallest absolute Gasteiger partial charge is 0.336 e. The number of nitrogens with zero attached hydrogens (tertiary/aromatic N) is 1. The lowest BCUT2D eigenvalue weighted by atomic mass is 10.0. The summed E-state index contributed by atoms with van der Waals surface area (Å²) in [7, 11) is 0. The van der Waals surface area contributed by atoms with E-state index in [1.807, 2.05) is 32.9 Å². The standard InChI is InChI=1S/C13H13NO2/c1-7-4-8(2)12-10(5-7)11(13(15)16)6-9(3)14-12/h4-6H,1-3H3,(H,15,16). The highest BCUT2D eigenvalue weighted by atomic mass is 16.4. The molecule has 0 aliphatic carbocycles. The molecule has 0 fully saturated rings. The quantitative estimate of drug-likeness (QED) is 0.795. The molecule has 0 unspecified atom stereocenters. The SMILES string of the molecule is Cc1cc(C)c2nc(C)cc(C(=O)O)c2c1. The number of pyridine rings is 1. The highest BCUT2D eigenvalue weighted by Gasteiger charge is 2.12. The van der Waals surface area contributed by atoms with Crippen molar-refractivity contribution in [1.82, 2.24) is 4.98 Å². The fourth-order valence-electron chi connectivity index (χ4n) is 1.99. The van der Waals surface area contributed by atoms with E-state index in [1.165, 1.54) is 0 Å². The molecule has 0 saturated heterocycles. The van der Waals surface area contributed by atoms with Crippen LogP contribution in [-0.4, -0.2) is 16.1 Å². The van der Waals surface area contributed by atoms with Crippen molar-refractivity contribution in [2.24, 2.45) is 0 Å². The third-order valence-corrected chi connectivity index (χ3v) is 2.61. The first-order valence-electron chi connectivity index (χ1n) is 5.11. The minimum atomic E-state index is -0.902. The monoisotopic (exact) mass is 215 g/mol. The van der Waals surface area contributed by atoms with Crippen LogP contribution >= 0.6 is 0 Å². The Labute approximate surface area is 93.7 Å². The van der Waals surface area contributed by atoms with Crippen molar-refractivity contribution in [3.8, 4) is 0 Å². The predicted octanol–water partition coefficient (Wildman–Crippen LogP) is 2.86. The second-order valence-corrected chi connectivity index (χ2v) is 4.09. The molecule has 0 radical (unpaired) electrons. The normalized spacial score (nSPS) is 10.7. The van der Waals surface area contributed by atoms with E-state index in [1.54, 1.807) is 6.07 Å². The minimum absolute atomic E-state index is 0.328. The number of carboxylic acid groups (broad SMARTS) is 1. The van der Waals surface area contributed by atoms with Crippen LogP contribution in [0.5, 0.6) is 0 Å². The molecule has 0 saturated carbocycles. The maximum atomic E-state index is 11.2. The molecular weight excluding hydrogens is 202 g/mol. The van der Waals surface area contributed by atoms with Gasteiger partial charge in [-0.2, -0.15) is 0 Å². The van der Waals surface area contributed by atoms with Crippen LogP contribution < -0.4 is 0 Å². The summed E-state index contributed by atoms with van der Waals surface area (Å²) in [5, 5.41) is 9.88. The zero-order valence-electron chi connectivity index (χ0n) is 9.53. The highest BCUT2D eigenvalue weighted by molar-refractivity contribution is 6.03. The largest absolute Gasteiger partial charge is 0.478 e. The van der Waals surface area contributed by atoms with E-state index in [2.05, 4.69) is 4.98 Å². The van der Waals surface area contributed by atoms with E-state index < -0.39 is 5.97 Å². The van der Waals surface area contributed by atoms with Gasteiger partial charge in [-0.1, -0.05) is 11.6 Å². The fourth-order valence-corrected chi connectivity index (χ4v) is 1.99. The average molecular weight is 215 g/mol. The molecule has 1 aromatic heterocycles. The Morgan fingerprint density at radius 1 is 1.19 bits per heavy atom. The lowest BCUT2D eigenvalue weighted by Crippen LogP contribution is -2.01. The summed E-state index contributed by atoms with van der Waals surface area (Å²) >= 11 is 0. The summed E-state index contributed by atoms with van der Waals surface area (Å²) in [6.45, 7) is 5.72. The summed E-state index contributed by atoms with van der Waals surface area (Å²) in [4.78, 5) is 15.6. The van der Waals surface area contributed by atoms with Crippen LogP contribution in [0, 0.1) is 20.8 Å². The number of aromatic nitrogens is 1. The van der Waals surface area contributed by atoms with Gasteiger partial charge in [0.2, 0.25) is 0 Å². The zero-order valence-corrected chi connectivity index (χ0v) is 9.53. The Hall–Kier alpha value is -1.90. The van der Waals surface area contributed by atoms with E-state index in [-0.39, 0.29) is 0 Å². The van der Waals surface area contributed by atoms with Gasteiger partial charge in [-0.15, -0.1) is 0 Å².